The van der Waals surface area contributed by atoms with Crippen LogP contribution in [0.15, 0.2) is 41.0 Å². The molecule has 1 heterocycles. The fourth-order valence-corrected chi connectivity index (χ4v) is 4.57. The van der Waals surface area contributed by atoms with Crippen LogP contribution in [0.3, 0.4) is 0 Å². The molecule has 3 rings (SSSR count). The third-order valence-corrected chi connectivity index (χ3v) is 6.39. The molecule has 0 aromatic heterocycles. The van der Waals surface area contributed by atoms with Crippen LogP contribution in [0, 0.1) is 5.92 Å². The van der Waals surface area contributed by atoms with Gasteiger partial charge < -0.3 is 4.90 Å². The van der Waals surface area contributed by atoms with Crippen LogP contribution in [0.2, 0.25) is 5.02 Å². The van der Waals surface area contributed by atoms with E-state index in [-0.39, 0.29) is 0 Å². The van der Waals surface area contributed by atoms with Crippen LogP contribution in [0.4, 0.5) is 0 Å². The molecule has 2 aliphatic rings. The van der Waals surface area contributed by atoms with Crippen molar-refractivity contribution < 1.29 is 0 Å². The summed E-state index contributed by atoms with van der Waals surface area (Å²) in [4.78, 5) is 9.62. The minimum Gasteiger partial charge on any atom is -0.372 e. The van der Waals surface area contributed by atoms with E-state index in [1.807, 2.05) is 25.2 Å². The van der Waals surface area contributed by atoms with E-state index in [0.29, 0.717) is 0 Å². The van der Waals surface area contributed by atoms with E-state index >= 15 is 0 Å². The van der Waals surface area contributed by atoms with Crippen molar-refractivity contribution in [2.75, 3.05) is 39.8 Å². The van der Waals surface area contributed by atoms with Gasteiger partial charge in [0.1, 0.15) is 0 Å². The van der Waals surface area contributed by atoms with Crippen LogP contribution in [0.1, 0.15) is 51.0 Å². The van der Waals surface area contributed by atoms with Crippen molar-refractivity contribution in [1.82, 2.24) is 9.80 Å². The highest BCUT2D eigenvalue weighted by molar-refractivity contribution is 6.31. The molecular weight excluding hydrogens is 354 g/mol. The number of halogens is 1. The van der Waals surface area contributed by atoms with E-state index in [1.165, 1.54) is 63.9 Å². The third kappa shape index (κ3) is 6.08. The maximum absolute atomic E-state index is 6.14. The van der Waals surface area contributed by atoms with Gasteiger partial charge in [-0.1, -0.05) is 55.8 Å². The number of aliphatic imine (C=N–C) groups is 1. The average Bonchev–Trinajstić information content (AvgIpc) is 2.71. The van der Waals surface area contributed by atoms with Gasteiger partial charge in [-0.2, -0.15) is 0 Å². The lowest BCUT2D eigenvalue weighted by Gasteiger charge is -2.37. The Hall–Kier alpha value is -1.32. The zero-order valence-electron chi connectivity index (χ0n) is 17.0. The molecule has 1 aromatic rings. The molecule has 0 spiro atoms. The standard InChI is InChI=1S/C23H34ClN3/c1-19(17-23(25-2)21-9-6-10-22(24)18-21)27-15-13-26(14-16-27)12-11-20-7-4-3-5-8-20/h6,9-10,17-18,20H,3-5,7-8,11-16H2,1-2H3/b19-17+,25-23?. The molecule has 0 amide bonds. The molecule has 1 aliphatic carbocycles. The second kappa shape index (κ2) is 10.3. The van der Waals surface area contributed by atoms with E-state index in [2.05, 4.69) is 33.9 Å². The lowest BCUT2D eigenvalue weighted by Crippen LogP contribution is -2.46. The van der Waals surface area contributed by atoms with Gasteiger partial charge in [0, 0.05) is 49.5 Å². The quantitative estimate of drug-likeness (QED) is 0.620. The molecule has 0 N–H and O–H groups in total. The van der Waals surface area contributed by atoms with E-state index in [1.54, 1.807) is 0 Å². The average molecular weight is 388 g/mol. The second-order valence-electron chi connectivity index (χ2n) is 8.03. The molecule has 148 valence electrons. The van der Waals surface area contributed by atoms with Gasteiger partial charge in [-0.3, -0.25) is 9.89 Å². The van der Waals surface area contributed by atoms with Gasteiger partial charge in [-0.15, -0.1) is 0 Å². The zero-order valence-corrected chi connectivity index (χ0v) is 17.7. The monoisotopic (exact) mass is 387 g/mol. The molecule has 1 aromatic carbocycles. The molecule has 1 saturated carbocycles. The summed E-state index contributed by atoms with van der Waals surface area (Å²) in [5, 5.41) is 0.756. The van der Waals surface area contributed by atoms with Crippen LogP contribution >= 0.6 is 11.6 Å². The topological polar surface area (TPSA) is 18.8 Å². The first-order valence-corrected chi connectivity index (χ1v) is 10.9. The smallest absolute Gasteiger partial charge is 0.0660 e. The predicted octanol–water partition coefficient (Wildman–Crippen LogP) is 5.25. The van der Waals surface area contributed by atoms with Gasteiger partial charge in [0.2, 0.25) is 0 Å². The van der Waals surface area contributed by atoms with Crippen LogP contribution in [0.5, 0.6) is 0 Å². The predicted molar refractivity (Wildman–Crippen MR) is 117 cm³/mol. The fourth-order valence-electron chi connectivity index (χ4n) is 4.38. The number of allylic oxidation sites excluding steroid dienone is 2. The molecule has 1 saturated heterocycles. The molecular formula is C23H34ClN3. The van der Waals surface area contributed by atoms with Gasteiger partial charge in [0.25, 0.3) is 0 Å². The van der Waals surface area contributed by atoms with Crippen LogP contribution in [-0.2, 0) is 0 Å². The molecule has 4 heteroatoms. The van der Waals surface area contributed by atoms with Crippen LogP contribution in [-0.4, -0.2) is 55.3 Å². The maximum Gasteiger partial charge on any atom is 0.0660 e. The van der Waals surface area contributed by atoms with E-state index in [9.17, 15) is 0 Å². The van der Waals surface area contributed by atoms with E-state index in [0.717, 1.165) is 35.3 Å². The van der Waals surface area contributed by atoms with Gasteiger partial charge in [-0.25, -0.2) is 0 Å². The molecule has 0 bridgehead atoms. The van der Waals surface area contributed by atoms with Crippen LogP contribution < -0.4 is 0 Å². The Morgan fingerprint density at radius 2 is 1.89 bits per heavy atom. The lowest BCUT2D eigenvalue weighted by molar-refractivity contribution is 0.147. The summed E-state index contributed by atoms with van der Waals surface area (Å²) in [6.07, 6.45) is 10.9. The molecule has 0 radical (unpaired) electrons. The largest absolute Gasteiger partial charge is 0.372 e. The third-order valence-electron chi connectivity index (χ3n) is 6.16. The van der Waals surface area contributed by atoms with Crippen molar-refractivity contribution in [3.05, 3.63) is 46.6 Å². The highest BCUT2D eigenvalue weighted by atomic mass is 35.5. The highest BCUT2D eigenvalue weighted by Crippen LogP contribution is 2.26. The van der Waals surface area contributed by atoms with Crippen molar-refractivity contribution in [2.24, 2.45) is 10.9 Å². The van der Waals surface area contributed by atoms with Crippen molar-refractivity contribution in [3.8, 4) is 0 Å². The first-order chi connectivity index (χ1) is 13.2. The summed E-state index contributed by atoms with van der Waals surface area (Å²) in [7, 11) is 1.85. The summed E-state index contributed by atoms with van der Waals surface area (Å²) >= 11 is 6.14. The Bertz CT molecular complexity index is 653. The lowest BCUT2D eigenvalue weighted by atomic mass is 9.87. The van der Waals surface area contributed by atoms with E-state index < -0.39 is 0 Å². The second-order valence-corrected chi connectivity index (χ2v) is 8.46. The van der Waals surface area contributed by atoms with Crippen molar-refractivity contribution >= 4 is 17.3 Å². The Morgan fingerprint density at radius 3 is 2.56 bits per heavy atom. The van der Waals surface area contributed by atoms with Gasteiger partial charge in [0.15, 0.2) is 0 Å². The van der Waals surface area contributed by atoms with Crippen molar-refractivity contribution in [3.63, 3.8) is 0 Å². The Balaban J connectivity index is 1.49. The fraction of sp³-hybridized carbons (Fsp3) is 0.609. The zero-order chi connectivity index (χ0) is 19.1. The van der Waals surface area contributed by atoms with Gasteiger partial charge >= 0.3 is 0 Å². The number of benzene rings is 1. The minimum absolute atomic E-state index is 0.756. The molecule has 27 heavy (non-hydrogen) atoms. The number of hydrogen-bond donors (Lipinski definition) is 0. The molecule has 0 atom stereocenters. The first-order valence-electron chi connectivity index (χ1n) is 10.5. The van der Waals surface area contributed by atoms with Crippen molar-refractivity contribution in [1.29, 1.82) is 0 Å². The van der Waals surface area contributed by atoms with Gasteiger partial charge in [-0.05, 0) is 44.0 Å². The summed E-state index contributed by atoms with van der Waals surface area (Å²) in [5.74, 6) is 0.986. The molecule has 1 aliphatic heterocycles. The summed E-state index contributed by atoms with van der Waals surface area (Å²) < 4.78 is 0. The Labute approximate surface area is 170 Å². The van der Waals surface area contributed by atoms with Crippen molar-refractivity contribution in [2.45, 2.75) is 45.4 Å². The summed E-state index contributed by atoms with van der Waals surface area (Å²) in [6.45, 7) is 8.05. The van der Waals surface area contributed by atoms with E-state index in [4.69, 9.17) is 11.6 Å². The molecule has 0 unspecified atom stereocenters. The number of nitrogens with zero attached hydrogens (tertiary/aromatic N) is 3. The SMILES string of the molecule is CN=C(/C=C(\C)N1CCN(CCC2CCCCC2)CC1)c1cccc(Cl)c1. The summed E-state index contributed by atoms with van der Waals surface area (Å²) in [6, 6.07) is 7.94. The summed E-state index contributed by atoms with van der Waals surface area (Å²) in [5.41, 5.74) is 3.37. The Morgan fingerprint density at radius 1 is 1.15 bits per heavy atom. The molecule has 2 fully saturated rings. The minimum atomic E-state index is 0.756. The number of hydrogen-bond acceptors (Lipinski definition) is 3. The maximum atomic E-state index is 6.14. The van der Waals surface area contributed by atoms with Gasteiger partial charge in [0.05, 0.1) is 5.71 Å². The number of rotatable bonds is 6. The van der Waals surface area contributed by atoms with Crippen LogP contribution in [0.25, 0.3) is 0 Å². The Kier molecular flexibility index (Phi) is 7.78. The first kappa shape index (κ1) is 20.4. The number of piperazine rings is 1. The normalized spacial score (nSPS) is 20.9. The molecule has 3 nitrogen and oxygen atoms in total. The highest BCUT2D eigenvalue weighted by Gasteiger charge is 2.19.